The van der Waals surface area contributed by atoms with Crippen molar-refractivity contribution >= 4 is 31.2 Å². The van der Waals surface area contributed by atoms with Crippen LogP contribution < -0.4 is 10.2 Å². The first kappa shape index (κ1) is 36.6. The van der Waals surface area contributed by atoms with E-state index in [2.05, 4.69) is 68.3 Å². The molecule has 2 aromatic heterocycles. The molecule has 1 N–H and O–H groups in total. The van der Waals surface area contributed by atoms with Crippen LogP contribution >= 0.6 is 0 Å². The topological polar surface area (TPSA) is 76.3 Å². The van der Waals surface area contributed by atoms with Crippen molar-refractivity contribution in [2.24, 2.45) is 4.99 Å². The maximum Gasteiger partial charge on any atom is 0.192 e. The highest BCUT2D eigenvalue weighted by Crippen LogP contribution is 2.36. The van der Waals surface area contributed by atoms with Crippen molar-refractivity contribution in [1.82, 2.24) is 19.9 Å². The molecule has 5 aromatic rings. The summed E-state index contributed by atoms with van der Waals surface area (Å²) in [7, 11) is -1.87. The number of hydrogen-bond acceptors (Lipinski definition) is 7. The summed E-state index contributed by atoms with van der Waals surface area (Å²) in [5.41, 5.74) is 7.67. The summed E-state index contributed by atoms with van der Waals surface area (Å²) < 4.78 is 29.2. The molecule has 51 heavy (non-hydrogen) atoms. The van der Waals surface area contributed by atoms with E-state index in [1.807, 2.05) is 60.0 Å². The van der Waals surface area contributed by atoms with E-state index in [0.717, 1.165) is 58.4 Å². The van der Waals surface area contributed by atoms with Gasteiger partial charge in [0.1, 0.15) is 11.5 Å². The molecule has 0 amide bonds. The summed E-state index contributed by atoms with van der Waals surface area (Å²) in [6.07, 6.45) is 1.07. The van der Waals surface area contributed by atoms with Gasteiger partial charge in [0.25, 0.3) is 0 Å². The lowest BCUT2D eigenvalue weighted by Gasteiger charge is -2.36. The van der Waals surface area contributed by atoms with Gasteiger partial charge in [-0.1, -0.05) is 100 Å². The zero-order valence-electron chi connectivity index (χ0n) is 30.9. The van der Waals surface area contributed by atoms with Gasteiger partial charge in [-0.2, -0.15) is 0 Å². The number of anilines is 1. The third-order valence-electron chi connectivity index (χ3n) is 10.2. The summed E-state index contributed by atoms with van der Waals surface area (Å²) in [4.78, 5) is 12.9. The average Bonchev–Trinajstić information content (AvgIpc) is 3.47. The van der Waals surface area contributed by atoms with Crippen molar-refractivity contribution in [2.45, 2.75) is 65.2 Å². The fourth-order valence-corrected chi connectivity index (χ4v) is 7.23. The molecular formula is C41H51FN6O2Si. The number of nitrogens with zero attached hydrogens (tertiary/aromatic N) is 5. The van der Waals surface area contributed by atoms with Gasteiger partial charge in [-0.25, -0.2) is 18.9 Å². The second-order valence-corrected chi connectivity index (χ2v) is 19.4. The molecule has 0 unspecified atom stereocenters. The maximum absolute atomic E-state index is 15.1. The number of hydrogen-bond donors (Lipinski definition) is 1. The van der Waals surface area contributed by atoms with Crippen LogP contribution in [0, 0.1) is 5.82 Å². The maximum atomic E-state index is 15.1. The molecule has 6 rings (SSSR count). The Morgan fingerprint density at radius 3 is 2.25 bits per heavy atom. The first-order valence-electron chi connectivity index (χ1n) is 18.1. The van der Waals surface area contributed by atoms with Crippen LogP contribution in [-0.2, 0) is 28.5 Å². The fraction of sp³-hybridized carbons (Fsp3) is 0.390. The Morgan fingerprint density at radius 2 is 1.63 bits per heavy atom. The van der Waals surface area contributed by atoms with Gasteiger partial charge in [-0.3, -0.25) is 0 Å². The SMILES string of the molecule is CCc1c(F)cccc1Cc1c(CNCCO[Si](C)(C)C(C)(C)C)nc2c(N=C(c3ccccc3)c3ccccc3)cc(N3CCOCC3)nn12. The second-order valence-electron chi connectivity index (χ2n) is 14.6. The van der Waals surface area contributed by atoms with Crippen molar-refractivity contribution in [1.29, 1.82) is 0 Å². The van der Waals surface area contributed by atoms with E-state index in [1.54, 1.807) is 6.07 Å². The highest BCUT2D eigenvalue weighted by Gasteiger charge is 2.36. The third-order valence-corrected chi connectivity index (χ3v) is 14.7. The lowest BCUT2D eigenvalue weighted by atomic mass is 9.99. The molecule has 0 bridgehead atoms. The van der Waals surface area contributed by atoms with Gasteiger partial charge >= 0.3 is 0 Å². The molecule has 268 valence electrons. The van der Waals surface area contributed by atoms with E-state index in [1.165, 1.54) is 6.07 Å². The Hall–Kier alpha value is -4.22. The molecule has 0 radical (unpaired) electrons. The number of aromatic nitrogens is 3. The van der Waals surface area contributed by atoms with Gasteiger partial charge in [0.15, 0.2) is 19.8 Å². The van der Waals surface area contributed by atoms with Crippen LogP contribution in [-0.4, -0.2) is 68.1 Å². The molecule has 1 saturated heterocycles. The van der Waals surface area contributed by atoms with Gasteiger partial charge < -0.3 is 19.4 Å². The Bertz CT molecular complexity index is 1910. The van der Waals surface area contributed by atoms with Gasteiger partial charge in [0, 0.05) is 56.4 Å². The number of nitrogens with one attached hydrogen (secondary N) is 1. The lowest BCUT2D eigenvalue weighted by molar-refractivity contribution is 0.122. The van der Waals surface area contributed by atoms with Crippen molar-refractivity contribution in [3.8, 4) is 0 Å². The van der Waals surface area contributed by atoms with Crippen LogP contribution in [0.15, 0.2) is 89.9 Å². The van der Waals surface area contributed by atoms with Gasteiger partial charge in [0.2, 0.25) is 0 Å². The quantitative estimate of drug-likeness (QED) is 0.0757. The normalized spacial score (nSPS) is 13.9. The third kappa shape index (κ3) is 8.47. The summed E-state index contributed by atoms with van der Waals surface area (Å²) in [5.74, 6) is 0.620. The molecule has 1 fully saturated rings. The van der Waals surface area contributed by atoms with Gasteiger partial charge in [-0.05, 0) is 41.7 Å². The van der Waals surface area contributed by atoms with Crippen molar-refractivity contribution in [2.75, 3.05) is 44.4 Å². The zero-order chi connectivity index (χ0) is 36.0. The minimum Gasteiger partial charge on any atom is -0.416 e. The monoisotopic (exact) mass is 706 g/mol. The number of morpholine rings is 1. The number of halogens is 1. The largest absolute Gasteiger partial charge is 0.416 e. The number of ether oxygens (including phenoxy) is 1. The molecule has 3 heterocycles. The standard InChI is InChI=1S/C41H51FN6O2Si/c1-7-33-32(19-14-20-34(33)42)27-37-36(29-43-21-24-50-51(5,6)41(2,3)4)45-40-35(28-38(46-48(37)40)47-22-25-49-26-23-47)44-39(30-15-10-8-11-16-30)31-17-12-9-13-18-31/h8-20,28,43H,7,21-27,29H2,1-6H3. The molecule has 3 aromatic carbocycles. The van der Waals surface area contributed by atoms with E-state index in [9.17, 15) is 0 Å². The number of benzene rings is 3. The molecule has 10 heteroatoms. The highest BCUT2D eigenvalue weighted by molar-refractivity contribution is 6.74. The van der Waals surface area contributed by atoms with E-state index < -0.39 is 8.32 Å². The number of rotatable bonds is 13. The Balaban J connectivity index is 1.48. The first-order chi connectivity index (χ1) is 24.6. The molecular weight excluding hydrogens is 656 g/mol. The molecule has 0 saturated carbocycles. The average molecular weight is 707 g/mol. The van der Waals surface area contributed by atoms with Crippen LogP contribution in [0.3, 0.4) is 0 Å². The van der Waals surface area contributed by atoms with Crippen LogP contribution in [0.5, 0.6) is 0 Å². The number of imidazole rings is 1. The molecule has 8 nitrogen and oxygen atoms in total. The number of fused-ring (bicyclic) bond motifs is 1. The predicted molar refractivity (Wildman–Crippen MR) is 208 cm³/mol. The molecule has 1 aliphatic rings. The minimum absolute atomic E-state index is 0.142. The van der Waals surface area contributed by atoms with Crippen molar-refractivity contribution in [3.63, 3.8) is 0 Å². The van der Waals surface area contributed by atoms with Crippen LogP contribution in [0.4, 0.5) is 15.9 Å². The zero-order valence-corrected chi connectivity index (χ0v) is 31.9. The summed E-state index contributed by atoms with van der Waals surface area (Å²) >= 11 is 0. The Kier molecular flexibility index (Phi) is 11.5. The molecule has 0 atom stereocenters. The van der Waals surface area contributed by atoms with Gasteiger partial charge in [0.05, 0.1) is 30.3 Å². The van der Waals surface area contributed by atoms with Crippen LogP contribution in [0.1, 0.15) is 61.3 Å². The molecule has 1 aliphatic heterocycles. The number of aliphatic imine (C=N–C) groups is 1. The second kappa shape index (κ2) is 16.0. The van der Waals surface area contributed by atoms with E-state index in [0.29, 0.717) is 57.0 Å². The smallest absolute Gasteiger partial charge is 0.192 e. The van der Waals surface area contributed by atoms with E-state index in [4.69, 9.17) is 24.2 Å². The van der Waals surface area contributed by atoms with E-state index in [-0.39, 0.29) is 10.9 Å². The summed E-state index contributed by atoms with van der Waals surface area (Å²) in [6, 6.07) is 27.9. The Morgan fingerprint density at radius 1 is 0.961 bits per heavy atom. The predicted octanol–water partition coefficient (Wildman–Crippen LogP) is 8.14. The summed E-state index contributed by atoms with van der Waals surface area (Å²) in [6.45, 7) is 17.8. The van der Waals surface area contributed by atoms with E-state index >= 15 is 4.39 Å². The Labute approximate surface area is 302 Å². The lowest BCUT2D eigenvalue weighted by Crippen LogP contribution is -2.42. The van der Waals surface area contributed by atoms with Gasteiger partial charge in [-0.15, -0.1) is 5.10 Å². The van der Waals surface area contributed by atoms with Crippen molar-refractivity contribution < 1.29 is 13.6 Å². The summed E-state index contributed by atoms with van der Waals surface area (Å²) in [5, 5.41) is 8.97. The molecule has 0 aliphatic carbocycles. The first-order valence-corrected chi connectivity index (χ1v) is 21.0. The minimum atomic E-state index is -1.87. The van der Waals surface area contributed by atoms with Crippen LogP contribution in [0.25, 0.3) is 5.65 Å². The fourth-order valence-electron chi connectivity index (χ4n) is 6.18. The van der Waals surface area contributed by atoms with Crippen molar-refractivity contribution in [3.05, 3.63) is 124 Å². The van der Waals surface area contributed by atoms with Crippen LogP contribution in [0.2, 0.25) is 18.1 Å². The highest BCUT2D eigenvalue weighted by atomic mass is 28.4. The molecule has 0 spiro atoms.